The first-order valence-electron chi connectivity index (χ1n) is 11.7. The number of thiophene rings is 1. The van der Waals surface area contributed by atoms with Crippen LogP contribution in [0.5, 0.6) is 5.75 Å². The van der Waals surface area contributed by atoms with Crippen LogP contribution in [0.2, 0.25) is 0 Å². The van der Waals surface area contributed by atoms with Crippen LogP contribution in [0, 0.1) is 20.8 Å². The number of ether oxygens (including phenoxy) is 2. The van der Waals surface area contributed by atoms with Crippen molar-refractivity contribution in [2.45, 2.75) is 27.2 Å². The van der Waals surface area contributed by atoms with Gasteiger partial charge in [0.05, 0.1) is 40.8 Å². The smallest absolute Gasteiger partial charge is 0.338 e. The molecule has 0 radical (unpaired) electrons. The summed E-state index contributed by atoms with van der Waals surface area (Å²) in [6.45, 7) is 6.69. The molecular formula is C30H27NO3S. The molecule has 0 saturated carbocycles. The molecule has 176 valence electrons. The summed E-state index contributed by atoms with van der Waals surface area (Å²) in [4.78, 5) is 19.1. The molecule has 0 amide bonds. The highest BCUT2D eigenvalue weighted by Gasteiger charge is 2.21. The van der Waals surface area contributed by atoms with E-state index in [9.17, 15) is 4.79 Å². The van der Waals surface area contributed by atoms with Gasteiger partial charge in [-0.25, -0.2) is 9.78 Å². The maximum absolute atomic E-state index is 13.0. The molecule has 2 heterocycles. The Bertz CT molecular complexity index is 1550. The van der Waals surface area contributed by atoms with E-state index in [0.29, 0.717) is 23.3 Å². The van der Waals surface area contributed by atoms with E-state index in [-0.39, 0.29) is 0 Å². The zero-order chi connectivity index (χ0) is 24.5. The summed E-state index contributed by atoms with van der Waals surface area (Å²) in [6, 6.07) is 22.5. The zero-order valence-corrected chi connectivity index (χ0v) is 21.2. The molecule has 5 aromatic rings. The fourth-order valence-electron chi connectivity index (χ4n) is 4.40. The minimum atomic E-state index is -0.397. The number of carbonyl (C=O) groups excluding carboxylic acids is 1. The van der Waals surface area contributed by atoms with Gasteiger partial charge in [0, 0.05) is 11.1 Å². The van der Waals surface area contributed by atoms with Crippen LogP contribution in [-0.4, -0.2) is 24.7 Å². The van der Waals surface area contributed by atoms with Gasteiger partial charge in [0.15, 0.2) is 0 Å². The van der Waals surface area contributed by atoms with Crippen LogP contribution in [0.4, 0.5) is 0 Å². The molecule has 35 heavy (non-hydrogen) atoms. The second-order valence-corrected chi connectivity index (χ2v) is 9.84. The highest BCUT2D eigenvalue weighted by molar-refractivity contribution is 7.22. The predicted octanol–water partition coefficient (Wildman–Crippen LogP) is 7.45. The number of esters is 1. The monoisotopic (exact) mass is 481 g/mol. The van der Waals surface area contributed by atoms with Crippen molar-refractivity contribution < 1.29 is 14.3 Å². The average molecular weight is 482 g/mol. The Labute approximate surface area is 209 Å². The average Bonchev–Trinajstić information content (AvgIpc) is 3.22. The Morgan fingerprint density at radius 2 is 1.74 bits per heavy atom. The normalized spacial score (nSPS) is 11.2. The van der Waals surface area contributed by atoms with E-state index in [1.54, 1.807) is 11.3 Å². The summed E-state index contributed by atoms with van der Waals surface area (Å²) in [5.74, 6) is 0.247. The third kappa shape index (κ3) is 4.40. The van der Waals surface area contributed by atoms with Gasteiger partial charge in [-0.05, 0) is 61.0 Å². The predicted molar refractivity (Wildman–Crippen MR) is 144 cm³/mol. The van der Waals surface area contributed by atoms with Crippen LogP contribution in [0.25, 0.3) is 31.6 Å². The van der Waals surface area contributed by atoms with E-state index >= 15 is 0 Å². The second kappa shape index (κ2) is 9.51. The lowest BCUT2D eigenvalue weighted by Gasteiger charge is -2.15. The number of carbonyl (C=O) groups is 1. The minimum absolute atomic E-state index is 0.397. The Balaban J connectivity index is 1.59. The van der Waals surface area contributed by atoms with Crippen LogP contribution in [0.1, 0.15) is 32.6 Å². The molecule has 0 aliphatic heterocycles. The fraction of sp³-hybridized carbons (Fsp3) is 0.200. The van der Waals surface area contributed by atoms with Gasteiger partial charge in [-0.2, -0.15) is 0 Å². The van der Waals surface area contributed by atoms with Crippen LogP contribution in [0.15, 0.2) is 66.7 Å². The molecule has 3 aromatic carbocycles. The Hall–Kier alpha value is -3.70. The molecule has 0 aliphatic rings. The molecule has 0 atom stereocenters. The molecular weight excluding hydrogens is 454 g/mol. The number of aromatic nitrogens is 1. The van der Waals surface area contributed by atoms with Gasteiger partial charge in [0.25, 0.3) is 0 Å². The van der Waals surface area contributed by atoms with Crippen LogP contribution in [-0.2, 0) is 11.2 Å². The van der Waals surface area contributed by atoms with Gasteiger partial charge in [0.1, 0.15) is 5.75 Å². The second-order valence-electron chi connectivity index (χ2n) is 8.79. The van der Waals surface area contributed by atoms with Crippen molar-refractivity contribution in [3.05, 3.63) is 94.5 Å². The molecule has 0 N–H and O–H groups in total. The molecule has 0 spiro atoms. The molecule has 0 aliphatic carbocycles. The van der Waals surface area contributed by atoms with Crippen molar-refractivity contribution in [2.75, 3.05) is 13.7 Å². The highest BCUT2D eigenvalue weighted by Crippen LogP contribution is 2.40. The van der Waals surface area contributed by atoms with Crippen molar-refractivity contribution in [3.8, 4) is 16.3 Å². The summed E-state index contributed by atoms with van der Waals surface area (Å²) >= 11 is 1.69. The number of benzene rings is 3. The van der Waals surface area contributed by atoms with E-state index in [4.69, 9.17) is 14.5 Å². The number of rotatable bonds is 6. The highest BCUT2D eigenvalue weighted by atomic mass is 32.1. The van der Waals surface area contributed by atoms with Crippen LogP contribution >= 0.6 is 11.3 Å². The van der Waals surface area contributed by atoms with Gasteiger partial charge in [0.2, 0.25) is 0 Å². The van der Waals surface area contributed by atoms with Crippen molar-refractivity contribution >= 4 is 38.3 Å². The van der Waals surface area contributed by atoms with Crippen molar-refractivity contribution in [3.63, 3.8) is 0 Å². The molecule has 0 bridgehead atoms. The third-order valence-corrected chi connectivity index (χ3v) is 7.67. The van der Waals surface area contributed by atoms with Gasteiger partial charge in [-0.3, -0.25) is 0 Å². The van der Waals surface area contributed by atoms with Gasteiger partial charge < -0.3 is 9.47 Å². The minimum Gasteiger partial charge on any atom is -0.493 e. The molecule has 0 unspecified atom stereocenters. The number of fused-ring (bicyclic) bond motifs is 2. The standard InChI is InChI=1S/C30H27NO3S/c1-18-9-12-21(13-10-18)15-16-34-25-14-11-19(2)28-27(25)23(30(32)33-4)17-24(31-28)29-20(3)22-7-5-6-8-26(22)35-29/h5-14,17H,15-16H2,1-4H3. The number of hydrogen-bond acceptors (Lipinski definition) is 5. The summed E-state index contributed by atoms with van der Waals surface area (Å²) in [5, 5.41) is 1.90. The molecule has 0 fully saturated rings. The van der Waals surface area contributed by atoms with Crippen molar-refractivity contribution in [1.82, 2.24) is 4.98 Å². The lowest BCUT2D eigenvalue weighted by molar-refractivity contribution is 0.0602. The van der Waals surface area contributed by atoms with Gasteiger partial charge >= 0.3 is 5.97 Å². The van der Waals surface area contributed by atoms with E-state index < -0.39 is 5.97 Å². The molecule has 0 saturated heterocycles. The summed E-state index contributed by atoms with van der Waals surface area (Å²) < 4.78 is 12.6. The number of methoxy groups -OCH3 is 1. The zero-order valence-electron chi connectivity index (χ0n) is 20.3. The first kappa shape index (κ1) is 23.1. The topological polar surface area (TPSA) is 48.4 Å². The maximum Gasteiger partial charge on any atom is 0.338 e. The Morgan fingerprint density at radius 1 is 0.971 bits per heavy atom. The third-order valence-electron chi connectivity index (χ3n) is 6.37. The van der Waals surface area contributed by atoms with Crippen molar-refractivity contribution in [1.29, 1.82) is 0 Å². The number of nitrogens with zero attached hydrogens (tertiary/aromatic N) is 1. The van der Waals surface area contributed by atoms with E-state index in [1.807, 2.05) is 37.3 Å². The summed E-state index contributed by atoms with van der Waals surface area (Å²) in [7, 11) is 1.41. The number of aryl methyl sites for hydroxylation is 3. The largest absolute Gasteiger partial charge is 0.493 e. The molecule has 5 rings (SSSR count). The van der Waals surface area contributed by atoms with Crippen LogP contribution in [0.3, 0.4) is 0 Å². The van der Waals surface area contributed by atoms with E-state index in [2.05, 4.69) is 50.2 Å². The first-order chi connectivity index (χ1) is 17.0. The van der Waals surface area contributed by atoms with E-state index in [0.717, 1.165) is 33.6 Å². The Kier molecular flexibility index (Phi) is 6.27. The molecule has 5 heteroatoms. The fourth-order valence-corrected chi connectivity index (χ4v) is 5.57. The lowest BCUT2D eigenvalue weighted by Crippen LogP contribution is -2.08. The lowest BCUT2D eigenvalue weighted by atomic mass is 10.0. The first-order valence-corrected chi connectivity index (χ1v) is 12.5. The van der Waals surface area contributed by atoms with Gasteiger partial charge in [-0.15, -0.1) is 11.3 Å². The van der Waals surface area contributed by atoms with Crippen LogP contribution < -0.4 is 4.74 Å². The summed E-state index contributed by atoms with van der Waals surface area (Å²) in [6.07, 6.45) is 0.774. The van der Waals surface area contributed by atoms with E-state index in [1.165, 1.54) is 28.3 Å². The summed E-state index contributed by atoms with van der Waals surface area (Å²) in [5.41, 5.74) is 6.59. The number of hydrogen-bond donors (Lipinski definition) is 0. The molecule has 2 aromatic heterocycles. The maximum atomic E-state index is 13.0. The SMILES string of the molecule is COC(=O)c1cc(-c2sc3ccccc3c2C)nc2c(C)ccc(OCCc3ccc(C)cc3)c12. The quantitative estimate of drug-likeness (QED) is 0.236. The van der Waals surface area contributed by atoms with Gasteiger partial charge in [-0.1, -0.05) is 54.1 Å². The molecule has 4 nitrogen and oxygen atoms in total. The Morgan fingerprint density at radius 3 is 2.49 bits per heavy atom. The van der Waals surface area contributed by atoms with Crippen molar-refractivity contribution in [2.24, 2.45) is 0 Å². The number of pyridine rings is 1.